The SMILES string of the molecule is Cc1ccc(N(CCc2cc(C(F)(F)F)ccc2F)C(=O)C(N)c2ccccc2)cc1C. The summed E-state index contributed by atoms with van der Waals surface area (Å²) in [4.78, 5) is 14.7. The lowest BCUT2D eigenvalue weighted by Crippen LogP contribution is -2.40. The molecule has 0 heterocycles. The molecule has 2 N–H and O–H groups in total. The average Bonchev–Trinajstić information content (AvgIpc) is 2.76. The van der Waals surface area contributed by atoms with Gasteiger partial charge in [0.2, 0.25) is 5.91 Å². The van der Waals surface area contributed by atoms with E-state index in [0.29, 0.717) is 17.3 Å². The van der Waals surface area contributed by atoms with Gasteiger partial charge in [-0.1, -0.05) is 36.4 Å². The normalized spacial score (nSPS) is 12.5. The summed E-state index contributed by atoms with van der Waals surface area (Å²) in [6, 6.07) is 15.5. The molecule has 0 aliphatic heterocycles. The Hall–Kier alpha value is -3.19. The van der Waals surface area contributed by atoms with E-state index < -0.39 is 29.5 Å². The van der Waals surface area contributed by atoms with Crippen LogP contribution in [0.5, 0.6) is 0 Å². The minimum Gasteiger partial charge on any atom is -0.316 e. The van der Waals surface area contributed by atoms with E-state index >= 15 is 0 Å². The van der Waals surface area contributed by atoms with Crippen LogP contribution in [-0.4, -0.2) is 12.5 Å². The summed E-state index contributed by atoms with van der Waals surface area (Å²) in [5.74, 6) is -1.18. The number of aryl methyl sites for hydroxylation is 2. The maximum Gasteiger partial charge on any atom is 0.416 e. The summed E-state index contributed by atoms with van der Waals surface area (Å²) in [6.07, 6.45) is -4.68. The Labute approximate surface area is 184 Å². The Morgan fingerprint density at radius 2 is 1.66 bits per heavy atom. The predicted molar refractivity (Wildman–Crippen MR) is 117 cm³/mol. The average molecular weight is 444 g/mol. The summed E-state index contributed by atoms with van der Waals surface area (Å²) >= 11 is 0. The van der Waals surface area contributed by atoms with Crippen molar-refractivity contribution in [2.45, 2.75) is 32.5 Å². The molecule has 0 spiro atoms. The second-order valence-corrected chi connectivity index (χ2v) is 7.70. The number of carbonyl (C=O) groups excluding carboxylic acids is 1. The highest BCUT2D eigenvalue weighted by atomic mass is 19.4. The molecule has 0 aliphatic rings. The molecule has 168 valence electrons. The molecule has 0 bridgehead atoms. The molecule has 0 radical (unpaired) electrons. The van der Waals surface area contributed by atoms with E-state index in [1.54, 1.807) is 36.4 Å². The van der Waals surface area contributed by atoms with Crippen molar-refractivity contribution in [2.24, 2.45) is 5.73 Å². The van der Waals surface area contributed by atoms with Gasteiger partial charge in [0.15, 0.2) is 0 Å². The zero-order valence-electron chi connectivity index (χ0n) is 17.8. The van der Waals surface area contributed by atoms with Crippen LogP contribution in [0.15, 0.2) is 66.7 Å². The third-order valence-electron chi connectivity index (χ3n) is 5.47. The second kappa shape index (κ2) is 9.53. The summed E-state index contributed by atoms with van der Waals surface area (Å²) in [7, 11) is 0. The van der Waals surface area contributed by atoms with Crippen LogP contribution in [-0.2, 0) is 17.4 Å². The van der Waals surface area contributed by atoms with Crippen LogP contribution in [0.2, 0.25) is 0 Å². The van der Waals surface area contributed by atoms with Crippen LogP contribution in [0.4, 0.5) is 23.2 Å². The zero-order valence-corrected chi connectivity index (χ0v) is 17.8. The van der Waals surface area contributed by atoms with E-state index in [2.05, 4.69) is 0 Å². The van der Waals surface area contributed by atoms with Crippen LogP contribution < -0.4 is 10.6 Å². The van der Waals surface area contributed by atoms with E-state index in [0.717, 1.165) is 23.3 Å². The standard InChI is InChI=1S/C25H24F4N2O/c1-16-8-10-21(14-17(16)2)31(24(32)23(30)18-6-4-3-5-7-18)13-12-19-15-20(25(27,28)29)9-11-22(19)26/h3-11,14-15,23H,12-13,30H2,1-2H3. The number of nitrogens with zero attached hydrogens (tertiary/aromatic N) is 1. The molecule has 3 aromatic rings. The molecule has 0 saturated carbocycles. The van der Waals surface area contributed by atoms with Gasteiger partial charge in [-0.05, 0) is 72.9 Å². The molecule has 0 aromatic heterocycles. The summed E-state index contributed by atoms with van der Waals surface area (Å²) in [5, 5.41) is 0. The monoisotopic (exact) mass is 444 g/mol. The third kappa shape index (κ3) is 5.34. The first-order valence-electron chi connectivity index (χ1n) is 10.1. The highest BCUT2D eigenvalue weighted by Crippen LogP contribution is 2.31. The van der Waals surface area contributed by atoms with Gasteiger partial charge in [0, 0.05) is 12.2 Å². The van der Waals surface area contributed by atoms with Crippen LogP contribution in [0.3, 0.4) is 0 Å². The van der Waals surface area contributed by atoms with E-state index in [1.165, 1.54) is 4.90 Å². The van der Waals surface area contributed by atoms with Gasteiger partial charge in [-0.25, -0.2) is 4.39 Å². The molecule has 32 heavy (non-hydrogen) atoms. The van der Waals surface area contributed by atoms with Crippen molar-refractivity contribution in [1.29, 1.82) is 0 Å². The molecule has 7 heteroatoms. The highest BCUT2D eigenvalue weighted by molar-refractivity contribution is 5.97. The van der Waals surface area contributed by atoms with Gasteiger partial charge in [-0.15, -0.1) is 0 Å². The van der Waals surface area contributed by atoms with E-state index in [4.69, 9.17) is 5.73 Å². The first-order chi connectivity index (χ1) is 15.1. The van der Waals surface area contributed by atoms with Gasteiger partial charge in [0.05, 0.1) is 5.56 Å². The Bertz CT molecular complexity index is 1100. The number of carbonyl (C=O) groups is 1. The van der Waals surface area contributed by atoms with Crippen molar-refractivity contribution in [3.8, 4) is 0 Å². The number of nitrogens with two attached hydrogens (primary N) is 1. The van der Waals surface area contributed by atoms with E-state index in [1.807, 2.05) is 26.0 Å². The van der Waals surface area contributed by atoms with Crippen molar-refractivity contribution in [3.05, 3.63) is 100 Å². The maximum atomic E-state index is 14.3. The zero-order chi connectivity index (χ0) is 23.5. The maximum absolute atomic E-state index is 14.3. The van der Waals surface area contributed by atoms with Crippen molar-refractivity contribution >= 4 is 11.6 Å². The highest BCUT2D eigenvalue weighted by Gasteiger charge is 2.31. The first kappa shape index (κ1) is 23.5. The number of benzene rings is 3. The lowest BCUT2D eigenvalue weighted by Gasteiger charge is -2.27. The lowest BCUT2D eigenvalue weighted by molar-refractivity contribution is -0.137. The third-order valence-corrected chi connectivity index (χ3v) is 5.47. The van der Waals surface area contributed by atoms with Crippen LogP contribution in [0, 0.1) is 19.7 Å². The Kier molecular flexibility index (Phi) is 6.99. The molecule has 3 nitrogen and oxygen atoms in total. The Morgan fingerprint density at radius 3 is 2.28 bits per heavy atom. The molecule has 1 unspecified atom stereocenters. The van der Waals surface area contributed by atoms with E-state index in [-0.39, 0.29) is 18.5 Å². The molecule has 1 atom stereocenters. The fourth-order valence-electron chi connectivity index (χ4n) is 3.41. The molecule has 1 amide bonds. The molecule has 3 rings (SSSR count). The van der Waals surface area contributed by atoms with E-state index in [9.17, 15) is 22.4 Å². The first-order valence-corrected chi connectivity index (χ1v) is 10.1. The van der Waals surface area contributed by atoms with Gasteiger partial charge in [-0.2, -0.15) is 13.2 Å². The van der Waals surface area contributed by atoms with Crippen molar-refractivity contribution < 1.29 is 22.4 Å². The second-order valence-electron chi connectivity index (χ2n) is 7.70. The van der Waals surface area contributed by atoms with Crippen LogP contribution in [0.1, 0.15) is 33.9 Å². The van der Waals surface area contributed by atoms with Crippen LogP contribution >= 0.6 is 0 Å². The van der Waals surface area contributed by atoms with Crippen molar-refractivity contribution in [2.75, 3.05) is 11.4 Å². The fourth-order valence-corrected chi connectivity index (χ4v) is 3.41. The summed E-state index contributed by atoms with van der Waals surface area (Å²) in [6.45, 7) is 3.80. The molecule has 0 aliphatic carbocycles. The molecular weight excluding hydrogens is 420 g/mol. The fraction of sp³-hybridized carbons (Fsp3) is 0.240. The number of alkyl halides is 3. The lowest BCUT2D eigenvalue weighted by atomic mass is 10.0. The van der Waals surface area contributed by atoms with Gasteiger partial charge < -0.3 is 10.6 Å². The number of rotatable bonds is 6. The van der Waals surface area contributed by atoms with Gasteiger partial charge >= 0.3 is 6.18 Å². The summed E-state index contributed by atoms with van der Waals surface area (Å²) in [5.41, 5.74) is 8.29. The molecule has 0 fully saturated rings. The smallest absolute Gasteiger partial charge is 0.316 e. The Morgan fingerprint density at radius 1 is 0.969 bits per heavy atom. The van der Waals surface area contributed by atoms with Gasteiger partial charge in [-0.3, -0.25) is 4.79 Å². The van der Waals surface area contributed by atoms with Gasteiger partial charge in [0.1, 0.15) is 11.9 Å². The number of halogens is 4. The number of amides is 1. The quantitative estimate of drug-likeness (QED) is 0.493. The van der Waals surface area contributed by atoms with Crippen molar-refractivity contribution in [3.63, 3.8) is 0 Å². The van der Waals surface area contributed by atoms with Crippen LogP contribution in [0.25, 0.3) is 0 Å². The minimum atomic E-state index is -4.58. The van der Waals surface area contributed by atoms with Gasteiger partial charge in [0.25, 0.3) is 0 Å². The number of anilines is 1. The predicted octanol–water partition coefficient (Wildman–Crippen LogP) is 5.74. The molecule has 0 saturated heterocycles. The number of hydrogen-bond donors (Lipinski definition) is 1. The molecule has 3 aromatic carbocycles. The Balaban J connectivity index is 1.93. The minimum absolute atomic E-state index is 0.0277. The summed E-state index contributed by atoms with van der Waals surface area (Å²) < 4.78 is 53.4. The number of hydrogen-bond acceptors (Lipinski definition) is 2. The topological polar surface area (TPSA) is 46.3 Å². The largest absolute Gasteiger partial charge is 0.416 e. The van der Waals surface area contributed by atoms with Crippen molar-refractivity contribution in [1.82, 2.24) is 0 Å². The molecular formula is C25H24F4N2O.